The van der Waals surface area contributed by atoms with Crippen LogP contribution in [0.3, 0.4) is 0 Å². The van der Waals surface area contributed by atoms with Crippen LogP contribution in [-0.4, -0.2) is 96.7 Å². The maximum atomic E-state index is 13.0. The van der Waals surface area contributed by atoms with E-state index in [1.807, 2.05) is 0 Å². The first-order chi connectivity index (χ1) is 42.3. The highest BCUT2D eigenvalue weighted by Gasteiger charge is 2.30. The molecule has 0 amide bonds. The van der Waals surface area contributed by atoms with Crippen LogP contribution in [0.1, 0.15) is 318 Å². The Hall–Kier alpha value is -2.46. The predicted molar refractivity (Wildman–Crippen MR) is 354 cm³/mol. The number of unbranched alkanes of at least 4 members (excludes halogenated alkanes) is 29. The lowest BCUT2D eigenvalue weighted by molar-refractivity contribution is -0.161. The van der Waals surface area contributed by atoms with Gasteiger partial charge in [-0.15, -0.1) is 0 Å². The smallest absolute Gasteiger partial charge is 0.462 e. The molecule has 6 atom stereocenters. The van der Waals surface area contributed by atoms with Gasteiger partial charge in [0.1, 0.15) is 19.3 Å². The van der Waals surface area contributed by atoms with Crippen LogP contribution in [-0.2, 0) is 65.4 Å². The van der Waals surface area contributed by atoms with E-state index in [1.165, 1.54) is 103 Å². The van der Waals surface area contributed by atoms with Gasteiger partial charge in [0, 0.05) is 25.7 Å². The molecule has 0 heterocycles. The molecule has 0 aromatic rings. The van der Waals surface area contributed by atoms with Crippen molar-refractivity contribution in [2.24, 2.45) is 17.8 Å². The van der Waals surface area contributed by atoms with Gasteiger partial charge in [-0.25, -0.2) is 9.13 Å². The van der Waals surface area contributed by atoms with Crippen LogP contribution < -0.4 is 0 Å². The molecule has 17 nitrogen and oxygen atoms in total. The van der Waals surface area contributed by atoms with Crippen LogP contribution in [0.15, 0.2) is 24.3 Å². The number of carbonyl (C=O) groups excluding carboxylic acids is 4. The molecule has 0 aliphatic rings. The van der Waals surface area contributed by atoms with Crippen molar-refractivity contribution < 1.29 is 80.2 Å². The maximum Gasteiger partial charge on any atom is 0.472 e. The molecule has 88 heavy (non-hydrogen) atoms. The van der Waals surface area contributed by atoms with E-state index in [4.69, 9.17) is 37.0 Å². The Kier molecular flexibility index (Phi) is 57.9. The summed E-state index contributed by atoms with van der Waals surface area (Å²) in [7, 11) is -9.91. The lowest BCUT2D eigenvalue weighted by Gasteiger charge is -2.21. The zero-order valence-electron chi connectivity index (χ0n) is 56.7. The normalized spacial score (nSPS) is 14.7. The van der Waals surface area contributed by atoms with Crippen LogP contribution in [0.25, 0.3) is 0 Å². The van der Waals surface area contributed by atoms with Crippen molar-refractivity contribution in [3.8, 4) is 0 Å². The van der Waals surface area contributed by atoms with Gasteiger partial charge in [-0.1, -0.05) is 265 Å². The van der Waals surface area contributed by atoms with Crippen LogP contribution in [0.5, 0.6) is 0 Å². The van der Waals surface area contributed by atoms with E-state index in [2.05, 4.69) is 72.8 Å². The lowest BCUT2D eigenvalue weighted by atomic mass is 10.00. The largest absolute Gasteiger partial charge is 0.472 e. The highest BCUT2D eigenvalue weighted by atomic mass is 31.2. The average molecular weight is 1290 g/mol. The van der Waals surface area contributed by atoms with Crippen LogP contribution in [0.4, 0.5) is 0 Å². The summed E-state index contributed by atoms with van der Waals surface area (Å²) in [6, 6.07) is 0. The van der Waals surface area contributed by atoms with E-state index in [0.29, 0.717) is 31.6 Å². The summed E-state index contributed by atoms with van der Waals surface area (Å²) in [6.07, 6.45) is 45.4. The van der Waals surface area contributed by atoms with Gasteiger partial charge in [0.2, 0.25) is 0 Å². The van der Waals surface area contributed by atoms with E-state index in [9.17, 15) is 43.2 Å². The predicted octanol–water partition coefficient (Wildman–Crippen LogP) is 19.0. The second kappa shape index (κ2) is 59.5. The Bertz CT molecular complexity index is 1830. The maximum absolute atomic E-state index is 13.0. The SMILES string of the molecule is CCCCCC/C=C\C=C/CCCCCCCC(=O)O[C@H](COC(=O)CCCCCCCCCC(C)C)COP(=O)(O)OCC(O)COP(=O)(O)OC[C@@H](COC(=O)CCCCCCCCC(C)CC)OC(=O)CCCCCCCCCCCCC(C)C. The number of rotatable bonds is 65. The highest BCUT2D eigenvalue weighted by molar-refractivity contribution is 7.47. The van der Waals surface area contributed by atoms with Gasteiger partial charge in [0.05, 0.1) is 26.4 Å². The van der Waals surface area contributed by atoms with Gasteiger partial charge in [0.25, 0.3) is 0 Å². The molecule has 0 aliphatic heterocycles. The number of hydrogen-bond donors (Lipinski definition) is 3. The number of esters is 4. The number of hydrogen-bond acceptors (Lipinski definition) is 15. The van der Waals surface area contributed by atoms with Gasteiger partial charge in [0.15, 0.2) is 12.2 Å². The fourth-order valence-electron chi connectivity index (χ4n) is 9.79. The molecule has 0 aliphatic carbocycles. The first-order valence-corrected chi connectivity index (χ1v) is 38.2. The summed E-state index contributed by atoms with van der Waals surface area (Å²) in [4.78, 5) is 72.4. The standard InChI is InChI=1S/C69H130O17P2/c1-8-10-11-12-13-14-15-16-17-18-19-23-28-38-45-52-68(73)85-64(56-79-66(71)50-43-36-30-25-27-34-41-48-61(5)6)58-83-87(75,76)81-54-63(70)55-82-88(77,78)84-59-65(57-80-67(72)51-44-37-32-31-35-42-49-62(7)9-2)86-69(74)53-46-39-29-24-21-20-22-26-33-40-47-60(3)4/h14-17,60-65,70H,8-13,18-59H2,1-7H3,(H,75,76)(H,77,78)/b15-14-,17-16-/t62?,63?,64-,65-/m1/s1. The van der Waals surface area contributed by atoms with Crippen molar-refractivity contribution in [3.05, 3.63) is 24.3 Å². The highest BCUT2D eigenvalue weighted by Crippen LogP contribution is 2.45. The zero-order chi connectivity index (χ0) is 65.2. The van der Waals surface area contributed by atoms with Crippen LogP contribution in [0, 0.1) is 17.8 Å². The zero-order valence-corrected chi connectivity index (χ0v) is 58.5. The quantitative estimate of drug-likeness (QED) is 0.0169. The molecule has 0 rings (SSSR count). The van der Waals surface area contributed by atoms with Gasteiger partial charge in [-0.2, -0.15) is 0 Å². The molecule has 0 radical (unpaired) electrons. The Morgan fingerprint density at radius 2 is 0.670 bits per heavy atom. The number of carbonyl (C=O) groups is 4. The summed E-state index contributed by atoms with van der Waals surface area (Å²) in [5, 5.41) is 10.6. The Balaban J connectivity index is 5.29. The molecular formula is C69H130O17P2. The molecule has 19 heteroatoms. The fourth-order valence-corrected chi connectivity index (χ4v) is 11.4. The molecule has 0 bridgehead atoms. The first-order valence-electron chi connectivity index (χ1n) is 35.2. The topological polar surface area (TPSA) is 237 Å². The fraction of sp³-hybridized carbons (Fsp3) is 0.884. The molecule has 0 fully saturated rings. The van der Waals surface area contributed by atoms with Crippen molar-refractivity contribution in [3.63, 3.8) is 0 Å². The Morgan fingerprint density at radius 3 is 1.01 bits per heavy atom. The first kappa shape index (κ1) is 85.5. The van der Waals surface area contributed by atoms with Crippen LogP contribution >= 0.6 is 15.6 Å². The molecule has 518 valence electrons. The third-order valence-corrected chi connectivity index (χ3v) is 17.5. The molecule has 0 saturated heterocycles. The summed E-state index contributed by atoms with van der Waals surface area (Å²) in [5.74, 6) is 0.0202. The third-order valence-electron chi connectivity index (χ3n) is 15.6. The number of allylic oxidation sites excluding steroid dienone is 4. The van der Waals surface area contributed by atoms with Crippen molar-refractivity contribution in [2.45, 2.75) is 336 Å². The molecular weight excluding hydrogens is 1160 g/mol. The number of aliphatic hydroxyl groups excluding tert-OH is 1. The van der Waals surface area contributed by atoms with E-state index in [1.54, 1.807) is 0 Å². The molecule has 3 N–H and O–H groups in total. The lowest BCUT2D eigenvalue weighted by Crippen LogP contribution is -2.30. The molecule has 4 unspecified atom stereocenters. The number of ether oxygens (including phenoxy) is 4. The van der Waals surface area contributed by atoms with Crippen molar-refractivity contribution in [1.29, 1.82) is 0 Å². The van der Waals surface area contributed by atoms with E-state index < -0.39 is 97.5 Å². The average Bonchev–Trinajstić information content (AvgIpc) is 3.57. The molecule has 0 spiro atoms. The number of phosphoric acid groups is 2. The number of phosphoric ester groups is 2. The van der Waals surface area contributed by atoms with Crippen molar-refractivity contribution in [1.82, 2.24) is 0 Å². The number of aliphatic hydroxyl groups is 1. The summed E-state index contributed by atoms with van der Waals surface area (Å²) >= 11 is 0. The van der Waals surface area contributed by atoms with Gasteiger partial charge in [-0.05, 0) is 69.1 Å². The van der Waals surface area contributed by atoms with E-state index >= 15 is 0 Å². The molecule has 0 aromatic carbocycles. The second-order valence-electron chi connectivity index (χ2n) is 25.4. The van der Waals surface area contributed by atoms with E-state index in [0.717, 1.165) is 127 Å². The minimum atomic E-state index is -4.96. The minimum absolute atomic E-state index is 0.0836. The van der Waals surface area contributed by atoms with Gasteiger partial charge in [-0.3, -0.25) is 37.3 Å². The monoisotopic (exact) mass is 1290 g/mol. The summed E-state index contributed by atoms with van der Waals surface area (Å²) in [5.41, 5.74) is 0. The summed E-state index contributed by atoms with van der Waals surface area (Å²) in [6.45, 7) is 11.7. The van der Waals surface area contributed by atoms with Gasteiger partial charge < -0.3 is 33.8 Å². The summed E-state index contributed by atoms with van der Waals surface area (Å²) < 4.78 is 68.2. The Labute approximate surface area is 535 Å². The second-order valence-corrected chi connectivity index (χ2v) is 28.3. The molecule has 0 saturated carbocycles. The van der Waals surface area contributed by atoms with E-state index in [-0.39, 0.29) is 25.7 Å². The van der Waals surface area contributed by atoms with Crippen molar-refractivity contribution >= 4 is 39.5 Å². The van der Waals surface area contributed by atoms with Gasteiger partial charge >= 0.3 is 39.5 Å². The van der Waals surface area contributed by atoms with Crippen LogP contribution in [0.2, 0.25) is 0 Å². The third kappa shape index (κ3) is 61.1. The molecule has 0 aromatic heterocycles. The minimum Gasteiger partial charge on any atom is -0.462 e. The van der Waals surface area contributed by atoms with Crippen molar-refractivity contribution in [2.75, 3.05) is 39.6 Å². The Morgan fingerprint density at radius 1 is 0.375 bits per heavy atom.